The topological polar surface area (TPSA) is 30.5 Å². The van der Waals surface area contributed by atoms with E-state index in [1.807, 2.05) is 6.55 Å². The van der Waals surface area contributed by atoms with Crippen LogP contribution in [0.5, 0.6) is 0 Å². The molecule has 4 heteroatoms. The van der Waals surface area contributed by atoms with E-state index in [0.717, 1.165) is 13.1 Å². The minimum absolute atomic E-state index is 1.09. The maximum Gasteiger partial charge on any atom is 0.317 e. The van der Waals surface area contributed by atoms with Gasteiger partial charge in [-0.1, -0.05) is 13.8 Å². The van der Waals surface area contributed by atoms with E-state index >= 15 is 0 Å². The highest BCUT2D eigenvalue weighted by molar-refractivity contribution is 6.42. The molecule has 0 bridgehead atoms. The van der Waals surface area contributed by atoms with Crippen LogP contribution in [0.3, 0.4) is 0 Å². The lowest BCUT2D eigenvalue weighted by Crippen LogP contribution is -2.12. The number of hydrogen-bond donors (Lipinski definition) is 1. The lowest BCUT2D eigenvalue weighted by Gasteiger charge is -2.00. The van der Waals surface area contributed by atoms with Crippen LogP contribution in [-0.4, -0.2) is 36.6 Å². The van der Waals surface area contributed by atoms with Crippen LogP contribution in [0.1, 0.15) is 13.8 Å². The van der Waals surface area contributed by atoms with E-state index in [1.54, 1.807) is 14.2 Å². The Hall–Kier alpha value is 0.0969. The second-order valence-electron chi connectivity index (χ2n) is 2.00. The smallest absolute Gasteiger partial charge is 0.317 e. The van der Waals surface area contributed by atoms with Gasteiger partial charge in [0.05, 0.1) is 0 Å². The van der Waals surface area contributed by atoms with E-state index in [1.165, 1.54) is 0 Å². The summed E-state index contributed by atoms with van der Waals surface area (Å²) in [6.45, 7) is 8.36. The highest BCUT2D eigenvalue weighted by atomic mass is 28.3. The van der Waals surface area contributed by atoms with Crippen LogP contribution in [-0.2, 0) is 8.85 Å². The van der Waals surface area contributed by atoms with E-state index in [-0.39, 0.29) is 0 Å². The molecule has 0 aromatic rings. The summed E-state index contributed by atoms with van der Waals surface area (Å²) in [5, 5.41) is 3.11. The molecule has 0 aromatic heterocycles. The van der Waals surface area contributed by atoms with Gasteiger partial charge in [-0.05, 0) is 19.6 Å². The molecule has 0 spiro atoms. The summed E-state index contributed by atoms with van der Waals surface area (Å²) in [4.78, 5) is 0. The van der Waals surface area contributed by atoms with Crippen molar-refractivity contribution in [2.45, 2.75) is 20.4 Å². The van der Waals surface area contributed by atoms with E-state index in [9.17, 15) is 0 Å². The van der Waals surface area contributed by atoms with Gasteiger partial charge in [0.2, 0.25) is 0 Å². The van der Waals surface area contributed by atoms with Crippen molar-refractivity contribution in [3.63, 3.8) is 0 Å². The van der Waals surface area contributed by atoms with Crippen LogP contribution in [0.4, 0.5) is 0 Å². The van der Waals surface area contributed by atoms with Crippen LogP contribution >= 0.6 is 0 Å². The van der Waals surface area contributed by atoms with E-state index in [0.29, 0.717) is 0 Å². The summed E-state index contributed by atoms with van der Waals surface area (Å²) in [5.74, 6) is 0. The minimum Gasteiger partial charge on any atom is -0.400 e. The van der Waals surface area contributed by atoms with Crippen LogP contribution in [0.2, 0.25) is 6.55 Å². The summed E-state index contributed by atoms with van der Waals surface area (Å²) < 4.78 is 9.63. The zero-order valence-corrected chi connectivity index (χ0v) is 9.46. The molecule has 3 nitrogen and oxygen atoms in total. The molecular weight excluding hydrogens is 158 g/mol. The predicted molar refractivity (Wildman–Crippen MR) is 51.2 cm³/mol. The molecule has 0 fully saturated rings. The molecule has 0 aliphatic heterocycles. The lowest BCUT2D eigenvalue weighted by molar-refractivity contribution is 0.285. The average molecular weight is 179 g/mol. The maximum absolute atomic E-state index is 4.82. The van der Waals surface area contributed by atoms with Crippen LogP contribution in [0.15, 0.2) is 0 Å². The molecule has 0 heterocycles. The van der Waals surface area contributed by atoms with Crippen molar-refractivity contribution in [2.24, 2.45) is 0 Å². The molecule has 0 saturated carbocycles. The lowest BCUT2D eigenvalue weighted by atomic mass is 10.7. The molecule has 0 amide bonds. The van der Waals surface area contributed by atoms with Crippen molar-refractivity contribution in [3.8, 4) is 0 Å². The highest BCUT2D eigenvalue weighted by Gasteiger charge is 1.94. The van der Waals surface area contributed by atoms with Gasteiger partial charge >= 0.3 is 9.28 Å². The third-order valence-corrected chi connectivity index (χ3v) is 2.49. The first-order chi connectivity index (χ1) is 5.22. The third-order valence-electron chi connectivity index (χ3n) is 1.16. The Morgan fingerprint density at radius 3 is 1.45 bits per heavy atom. The maximum atomic E-state index is 4.82. The molecule has 0 aliphatic rings. The number of hydrogen-bond acceptors (Lipinski definition) is 3. The van der Waals surface area contributed by atoms with Gasteiger partial charge in [-0.15, -0.1) is 0 Å². The highest BCUT2D eigenvalue weighted by Crippen LogP contribution is 1.77. The fourth-order valence-corrected chi connectivity index (χ4v) is 0.539. The molecule has 0 saturated heterocycles. The summed E-state index contributed by atoms with van der Waals surface area (Å²) in [5.41, 5.74) is 0. The first kappa shape index (κ1) is 13.7. The molecule has 0 radical (unpaired) electrons. The molecule has 1 N–H and O–H groups in total. The molecular formula is C7H21NO2Si. The van der Waals surface area contributed by atoms with Crippen molar-refractivity contribution >= 4 is 9.28 Å². The standard InChI is InChI=1S/C4H11N.C3H10O2Si/c1-3-5-4-2;1-4-6(3)5-2/h5H,3-4H2,1-2H3;6H,1-3H3. The number of nitrogens with one attached hydrogen (secondary N) is 1. The van der Waals surface area contributed by atoms with Gasteiger partial charge in [-0.2, -0.15) is 0 Å². The molecule has 70 valence electrons. The Bertz CT molecular complexity index is 58.4. The van der Waals surface area contributed by atoms with Crippen LogP contribution < -0.4 is 5.32 Å². The molecule has 0 rings (SSSR count). The van der Waals surface area contributed by atoms with Crippen molar-refractivity contribution in [1.82, 2.24) is 5.32 Å². The van der Waals surface area contributed by atoms with Crippen molar-refractivity contribution in [3.05, 3.63) is 0 Å². The second kappa shape index (κ2) is 12.7. The van der Waals surface area contributed by atoms with Crippen molar-refractivity contribution in [2.75, 3.05) is 27.3 Å². The quantitative estimate of drug-likeness (QED) is 0.646. The predicted octanol–water partition coefficient (Wildman–Crippen LogP) is 0.745. The van der Waals surface area contributed by atoms with Crippen molar-refractivity contribution < 1.29 is 8.85 Å². The Balaban J connectivity index is 0. The van der Waals surface area contributed by atoms with Gasteiger partial charge in [0.1, 0.15) is 0 Å². The molecule has 0 aliphatic carbocycles. The SMILES string of the molecule is CCNCC.CO[SiH](C)OC. The fourth-order valence-electron chi connectivity index (χ4n) is 0.346. The Kier molecular flexibility index (Phi) is 15.8. The van der Waals surface area contributed by atoms with E-state index < -0.39 is 9.28 Å². The monoisotopic (exact) mass is 179 g/mol. The van der Waals surface area contributed by atoms with Gasteiger partial charge in [0, 0.05) is 14.2 Å². The zero-order valence-electron chi connectivity index (χ0n) is 8.31. The third kappa shape index (κ3) is 17.8. The Labute approximate surface area is 71.9 Å². The van der Waals surface area contributed by atoms with E-state index in [4.69, 9.17) is 8.85 Å². The molecule has 0 atom stereocenters. The summed E-state index contributed by atoms with van der Waals surface area (Å²) >= 11 is 0. The first-order valence-corrected chi connectivity index (χ1v) is 6.08. The van der Waals surface area contributed by atoms with Gasteiger partial charge in [-0.3, -0.25) is 0 Å². The number of rotatable bonds is 4. The molecule has 11 heavy (non-hydrogen) atoms. The second-order valence-corrected chi connectivity index (χ2v) is 4.07. The normalized spacial score (nSPS) is 9.27. The summed E-state index contributed by atoms with van der Waals surface area (Å²) in [6, 6.07) is 0. The van der Waals surface area contributed by atoms with Crippen molar-refractivity contribution in [1.29, 1.82) is 0 Å². The van der Waals surface area contributed by atoms with Gasteiger partial charge < -0.3 is 14.2 Å². The Morgan fingerprint density at radius 2 is 1.45 bits per heavy atom. The van der Waals surface area contributed by atoms with Gasteiger partial charge in [0.25, 0.3) is 0 Å². The fraction of sp³-hybridized carbons (Fsp3) is 1.00. The van der Waals surface area contributed by atoms with E-state index in [2.05, 4.69) is 19.2 Å². The first-order valence-electron chi connectivity index (χ1n) is 3.99. The summed E-state index contributed by atoms with van der Waals surface area (Å²) in [7, 11) is 2.17. The van der Waals surface area contributed by atoms with Crippen LogP contribution in [0.25, 0.3) is 0 Å². The average Bonchev–Trinajstić information content (AvgIpc) is 2.06. The Morgan fingerprint density at radius 1 is 1.09 bits per heavy atom. The molecule has 0 unspecified atom stereocenters. The minimum atomic E-state index is -1.16. The summed E-state index contributed by atoms with van der Waals surface area (Å²) in [6.07, 6.45) is 0. The van der Waals surface area contributed by atoms with Gasteiger partial charge in [0.15, 0.2) is 0 Å². The van der Waals surface area contributed by atoms with Gasteiger partial charge in [-0.25, -0.2) is 0 Å². The largest absolute Gasteiger partial charge is 0.400 e. The zero-order chi connectivity index (χ0) is 9.11. The molecule has 0 aromatic carbocycles. The van der Waals surface area contributed by atoms with Crippen LogP contribution in [0, 0.1) is 0 Å².